The second kappa shape index (κ2) is 12.9. The van der Waals surface area contributed by atoms with Crippen LogP contribution in [0, 0.1) is 0 Å². The molecule has 0 radical (unpaired) electrons. The van der Waals surface area contributed by atoms with Crippen LogP contribution in [0.1, 0.15) is 49.8 Å². The minimum atomic E-state index is -0.732. The molecule has 0 spiro atoms. The second-order valence-electron chi connectivity index (χ2n) is 10.6. The molecule has 0 aromatic heterocycles. The fraction of sp³-hybridized carbons (Fsp3) is 0.303. The van der Waals surface area contributed by atoms with Crippen LogP contribution in [0.3, 0.4) is 0 Å². The molecular formula is C33H33N5O5S. The molecule has 2 atom stereocenters. The summed E-state index contributed by atoms with van der Waals surface area (Å²) in [6, 6.07) is 20.1. The number of fused-ring (bicyclic) bond motifs is 4. The Kier molecular flexibility index (Phi) is 8.65. The molecule has 6 rings (SSSR count). The van der Waals surface area contributed by atoms with Gasteiger partial charge in [0.15, 0.2) is 16.7 Å². The molecule has 3 aliphatic rings. The number of nitrogens with one attached hydrogen (secondary N) is 2. The van der Waals surface area contributed by atoms with E-state index in [1.165, 1.54) is 22.2 Å². The number of benzene rings is 3. The number of ether oxygens (including phenoxy) is 2. The van der Waals surface area contributed by atoms with Crippen molar-refractivity contribution in [2.24, 2.45) is 9.98 Å². The quantitative estimate of drug-likeness (QED) is 0.326. The maximum absolute atomic E-state index is 13.7. The first-order chi connectivity index (χ1) is 21.4. The number of thioether (sulfide) groups is 1. The zero-order valence-electron chi connectivity index (χ0n) is 24.5. The summed E-state index contributed by atoms with van der Waals surface area (Å²) in [4.78, 5) is 50.8. The number of para-hydroxylation sites is 1. The third-order valence-electron chi connectivity index (χ3n) is 7.66. The Morgan fingerprint density at radius 3 is 2.59 bits per heavy atom. The summed E-state index contributed by atoms with van der Waals surface area (Å²) in [5.41, 5.74) is 4.23. The van der Waals surface area contributed by atoms with Gasteiger partial charge in [0, 0.05) is 24.2 Å². The number of amidine groups is 2. The molecule has 226 valence electrons. The maximum atomic E-state index is 13.7. The van der Waals surface area contributed by atoms with Gasteiger partial charge >= 0.3 is 0 Å². The lowest BCUT2D eigenvalue weighted by Gasteiger charge is -2.27. The highest BCUT2D eigenvalue weighted by Gasteiger charge is 2.42. The minimum Gasteiger partial charge on any atom is -0.454 e. The molecular weight excluding hydrogens is 578 g/mol. The first-order valence-corrected chi connectivity index (χ1v) is 15.6. The third kappa shape index (κ3) is 6.19. The molecule has 0 unspecified atom stereocenters. The van der Waals surface area contributed by atoms with Crippen molar-refractivity contribution < 1.29 is 23.9 Å². The van der Waals surface area contributed by atoms with Gasteiger partial charge in [-0.2, -0.15) is 0 Å². The number of hydrogen-bond donors (Lipinski definition) is 2. The highest BCUT2D eigenvalue weighted by molar-refractivity contribution is 8.15. The lowest BCUT2D eigenvalue weighted by molar-refractivity contribution is -0.125. The predicted molar refractivity (Wildman–Crippen MR) is 170 cm³/mol. The normalized spacial score (nSPS) is 16.9. The fourth-order valence-corrected chi connectivity index (χ4v) is 6.19. The van der Waals surface area contributed by atoms with E-state index in [9.17, 15) is 14.4 Å². The van der Waals surface area contributed by atoms with Crippen molar-refractivity contribution in [2.45, 2.75) is 57.4 Å². The van der Waals surface area contributed by atoms with E-state index in [0.29, 0.717) is 41.2 Å². The smallest absolute Gasteiger partial charge is 0.259 e. The molecule has 3 aliphatic heterocycles. The van der Waals surface area contributed by atoms with Crippen LogP contribution in [0.15, 0.2) is 76.7 Å². The van der Waals surface area contributed by atoms with Crippen LogP contribution < -0.4 is 20.1 Å². The Hall–Kier alpha value is -4.64. The van der Waals surface area contributed by atoms with Gasteiger partial charge in [-0.1, -0.05) is 55.9 Å². The molecule has 10 nitrogen and oxygen atoms in total. The van der Waals surface area contributed by atoms with Gasteiger partial charge in [-0.15, -0.1) is 0 Å². The van der Waals surface area contributed by atoms with Gasteiger partial charge in [0.1, 0.15) is 11.9 Å². The summed E-state index contributed by atoms with van der Waals surface area (Å²) < 4.78 is 10.7. The van der Waals surface area contributed by atoms with Crippen molar-refractivity contribution in [3.05, 3.63) is 83.4 Å². The van der Waals surface area contributed by atoms with Crippen molar-refractivity contribution in [1.82, 2.24) is 10.2 Å². The lowest BCUT2D eigenvalue weighted by atomic mass is 10.1. The summed E-state index contributed by atoms with van der Waals surface area (Å²) >= 11 is 1.25. The van der Waals surface area contributed by atoms with Crippen molar-refractivity contribution >= 4 is 51.9 Å². The van der Waals surface area contributed by atoms with Gasteiger partial charge in [-0.05, 0) is 66.8 Å². The van der Waals surface area contributed by atoms with Crippen LogP contribution in [-0.2, 0) is 27.3 Å². The number of carbonyl (C=O) groups excluding carboxylic acids is 3. The molecule has 3 amide bonds. The monoisotopic (exact) mass is 611 g/mol. The number of anilines is 1. The zero-order chi connectivity index (χ0) is 30.6. The topological polar surface area (TPSA) is 122 Å². The largest absolute Gasteiger partial charge is 0.454 e. The molecule has 2 N–H and O–H groups in total. The maximum Gasteiger partial charge on any atom is 0.259 e. The van der Waals surface area contributed by atoms with E-state index in [1.807, 2.05) is 73.7 Å². The van der Waals surface area contributed by atoms with Gasteiger partial charge in [0.05, 0.1) is 10.9 Å². The first kappa shape index (κ1) is 29.4. The van der Waals surface area contributed by atoms with Crippen LogP contribution in [0.4, 0.5) is 11.4 Å². The van der Waals surface area contributed by atoms with Gasteiger partial charge < -0.3 is 20.1 Å². The average molecular weight is 612 g/mol. The molecule has 0 fully saturated rings. The number of hydrogen-bond acceptors (Lipinski definition) is 8. The number of nitrogens with zero attached hydrogens (tertiary/aromatic N) is 3. The van der Waals surface area contributed by atoms with Crippen LogP contribution in [-0.4, -0.2) is 51.7 Å². The SMILES string of the molecule is CCc1ccc(NC(=O)[C@@H](CC)SC2=Nc3ccccc3C3=N[C@H](CCC(=O)NCc4ccc5c(c4)OCO5)C(=O)N23)cc1. The summed E-state index contributed by atoms with van der Waals surface area (Å²) in [6.45, 7) is 4.54. The van der Waals surface area contributed by atoms with Crippen LogP contribution >= 0.6 is 11.8 Å². The van der Waals surface area contributed by atoms with E-state index in [-0.39, 0.29) is 37.4 Å². The number of aryl methyl sites for hydroxylation is 1. The molecule has 0 saturated carbocycles. The zero-order valence-corrected chi connectivity index (χ0v) is 25.4. The van der Waals surface area contributed by atoms with Gasteiger partial charge in [-0.3, -0.25) is 19.4 Å². The Labute approximate surface area is 259 Å². The minimum absolute atomic E-state index is 0.129. The lowest BCUT2D eigenvalue weighted by Crippen LogP contribution is -2.42. The number of aliphatic imine (C=N–C) groups is 2. The summed E-state index contributed by atoms with van der Waals surface area (Å²) in [5.74, 6) is 1.24. The molecule has 11 heteroatoms. The van der Waals surface area contributed by atoms with E-state index < -0.39 is 11.3 Å². The highest BCUT2D eigenvalue weighted by atomic mass is 32.2. The molecule has 3 heterocycles. The van der Waals surface area contributed by atoms with Crippen LogP contribution in [0.25, 0.3) is 0 Å². The molecule has 3 aromatic rings. The summed E-state index contributed by atoms with van der Waals surface area (Å²) in [5, 5.41) is 5.82. The van der Waals surface area contributed by atoms with Crippen LogP contribution in [0.5, 0.6) is 11.5 Å². The molecule has 3 aromatic carbocycles. The Morgan fingerprint density at radius 1 is 1.02 bits per heavy atom. The van der Waals surface area contributed by atoms with E-state index >= 15 is 0 Å². The standard InChI is InChI=1S/C33H33N5O5S/c1-3-20-9-12-22(13-10-20)35-31(40)28(4-2)44-33-37-24-8-6-5-7-23(24)30-36-25(32(41)38(30)33)14-16-29(39)34-18-21-11-15-26-27(17-21)43-19-42-26/h5-13,15,17,25,28H,3-4,14,16,18-19H2,1-2H3,(H,34,39)(H,35,40)/t25-,28-/m1/s1. The number of carbonyl (C=O) groups is 3. The van der Waals surface area contributed by atoms with Gasteiger partial charge in [0.2, 0.25) is 18.6 Å². The Balaban J connectivity index is 1.12. The van der Waals surface area contributed by atoms with Crippen molar-refractivity contribution in [2.75, 3.05) is 12.1 Å². The summed E-state index contributed by atoms with van der Waals surface area (Å²) in [7, 11) is 0. The Bertz CT molecular complexity index is 1650. The molecule has 0 saturated heterocycles. The highest BCUT2D eigenvalue weighted by Crippen LogP contribution is 2.36. The molecule has 0 aliphatic carbocycles. The first-order valence-electron chi connectivity index (χ1n) is 14.7. The van der Waals surface area contributed by atoms with E-state index in [4.69, 9.17) is 19.5 Å². The van der Waals surface area contributed by atoms with E-state index in [1.54, 1.807) is 0 Å². The van der Waals surface area contributed by atoms with E-state index in [2.05, 4.69) is 17.6 Å². The van der Waals surface area contributed by atoms with Crippen LogP contribution in [0.2, 0.25) is 0 Å². The molecule has 0 bridgehead atoms. The van der Waals surface area contributed by atoms with Gasteiger partial charge in [-0.25, -0.2) is 9.89 Å². The third-order valence-corrected chi connectivity index (χ3v) is 8.98. The van der Waals surface area contributed by atoms with Crippen molar-refractivity contribution in [3.8, 4) is 11.5 Å². The average Bonchev–Trinajstić information content (AvgIpc) is 3.65. The van der Waals surface area contributed by atoms with E-state index in [0.717, 1.165) is 23.2 Å². The van der Waals surface area contributed by atoms with Crippen molar-refractivity contribution in [1.29, 1.82) is 0 Å². The number of rotatable bonds is 10. The summed E-state index contributed by atoms with van der Waals surface area (Å²) in [6.07, 6.45) is 1.83. The van der Waals surface area contributed by atoms with Gasteiger partial charge in [0.25, 0.3) is 5.91 Å². The van der Waals surface area contributed by atoms with Crippen molar-refractivity contribution in [3.63, 3.8) is 0 Å². The fourth-order valence-electron chi connectivity index (χ4n) is 5.17. The number of amides is 3. The second-order valence-corrected chi connectivity index (χ2v) is 11.8. The predicted octanol–water partition coefficient (Wildman–Crippen LogP) is 5.18. The Morgan fingerprint density at radius 2 is 1.80 bits per heavy atom. The molecule has 44 heavy (non-hydrogen) atoms.